The van der Waals surface area contributed by atoms with Gasteiger partial charge in [0.15, 0.2) is 0 Å². The summed E-state index contributed by atoms with van der Waals surface area (Å²) in [5.41, 5.74) is 1.75. The maximum atomic E-state index is 10.6. The number of piperidine rings is 1. The number of H-pyrrole nitrogens is 1. The molecule has 9 nitrogen and oxygen atoms in total. The van der Waals surface area contributed by atoms with Crippen LogP contribution in [0.4, 0.5) is 10.6 Å². The van der Waals surface area contributed by atoms with Crippen LogP contribution in [-0.4, -0.2) is 61.7 Å². The molecule has 0 radical (unpaired) electrons. The number of aromatic amines is 1. The molecule has 4 rings (SSSR count). The maximum Gasteiger partial charge on any atom is 0.404 e. The predicted molar refractivity (Wildman–Crippen MR) is 105 cm³/mol. The molecule has 0 bridgehead atoms. The molecule has 0 atom stereocenters. The summed E-state index contributed by atoms with van der Waals surface area (Å²) in [6.07, 6.45) is 1.41. The number of nitrogens with one attached hydrogen (secondary N) is 2. The zero-order valence-electron chi connectivity index (χ0n) is 14.9. The molecule has 1 aliphatic rings. The van der Waals surface area contributed by atoms with Crippen LogP contribution in [0.1, 0.15) is 12.8 Å². The number of fused-ring (bicyclic) bond motifs is 1. The fraction of sp³-hybridized carbons (Fsp3) is 0.333. The molecule has 0 spiro atoms. The van der Waals surface area contributed by atoms with Gasteiger partial charge in [-0.05, 0) is 25.0 Å². The number of amides is 1. The molecule has 146 valence electrons. The molecule has 1 amide bonds. The van der Waals surface area contributed by atoms with E-state index in [9.17, 15) is 9.90 Å². The smallest absolute Gasteiger partial charge is 0.404 e. The van der Waals surface area contributed by atoms with Gasteiger partial charge in [0.1, 0.15) is 11.3 Å². The van der Waals surface area contributed by atoms with Crippen molar-refractivity contribution in [2.24, 2.45) is 0 Å². The Balaban J connectivity index is 1.51. The molecule has 4 N–H and O–H groups in total. The first-order chi connectivity index (χ1) is 13.4. The summed E-state index contributed by atoms with van der Waals surface area (Å²) in [5.74, 6) is 0.671. The highest BCUT2D eigenvalue weighted by molar-refractivity contribution is 6.30. The molecule has 28 heavy (non-hydrogen) atoms. The highest BCUT2D eigenvalue weighted by Crippen LogP contribution is 2.29. The van der Waals surface area contributed by atoms with Gasteiger partial charge in [-0.2, -0.15) is 5.10 Å². The zero-order valence-corrected chi connectivity index (χ0v) is 15.6. The molecular formula is C18H19ClN6O3. The molecule has 1 saturated heterocycles. The normalized spacial score (nSPS) is 16.3. The Bertz CT molecular complexity index is 1020. The first-order valence-corrected chi connectivity index (χ1v) is 9.22. The summed E-state index contributed by atoms with van der Waals surface area (Å²) in [7, 11) is 0. The number of nitrogens with zero attached hydrogens (tertiary/aromatic N) is 4. The van der Waals surface area contributed by atoms with Crippen molar-refractivity contribution in [3.8, 4) is 11.3 Å². The lowest BCUT2D eigenvalue weighted by Crippen LogP contribution is -2.51. The maximum absolute atomic E-state index is 10.6. The minimum Gasteiger partial charge on any atom is -0.465 e. The molecular weight excluding hydrogens is 384 g/mol. The molecule has 3 heterocycles. The Hall–Kier alpha value is -2.91. The Morgan fingerprint density at radius 2 is 2.14 bits per heavy atom. The van der Waals surface area contributed by atoms with E-state index in [1.54, 1.807) is 12.3 Å². The molecule has 2 aromatic heterocycles. The number of carboxylic acid groups (broad SMARTS) is 1. The number of carbonyl (C=O) groups is 1. The van der Waals surface area contributed by atoms with Crippen molar-refractivity contribution in [3.05, 3.63) is 35.5 Å². The minimum atomic E-state index is -1.14. The van der Waals surface area contributed by atoms with Crippen LogP contribution in [-0.2, 0) is 0 Å². The molecule has 1 aliphatic heterocycles. The quantitative estimate of drug-likeness (QED) is 0.527. The number of aliphatic hydroxyl groups is 1. The van der Waals surface area contributed by atoms with Crippen molar-refractivity contribution < 1.29 is 15.0 Å². The highest BCUT2D eigenvalue weighted by Gasteiger charge is 2.33. The second-order valence-corrected chi connectivity index (χ2v) is 7.32. The zero-order chi connectivity index (χ0) is 19.7. The van der Waals surface area contributed by atoms with Crippen LogP contribution in [0.2, 0.25) is 5.02 Å². The average molecular weight is 403 g/mol. The number of hydrogen-bond donors (Lipinski definition) is 4. The number of aromatic nitrogens is 4. The van der Waals surface area contributed by atoms with Crippen LogP contribution in [0.5, 0.6) is 0 Å². The topological polar surface area (TPSA) is 127 Å². The van der Waals surface area contributed by atoms with Gasteiger partial charge in [-0.1, -0.05) is 23.7 Å². The molecule has 3 aromatic rings. The van der Waals surface area contributed by atoms with Crippen LogP contribution in [0.25, 0.3) is 22.4 Å². The van der Waals surface area contributed by atoms with Crippen LogP contribution < -0.4 is 10.2 Å². The SMILES string of the molecule is O=C(O)NCC1(O)CCN(c2cnc3c(-c4cccc(Cl)c4)[nH]nc3n2)CC1. The van der Waals surface area contributed by atoms with Crippen molar-refractivity contribution in [3.63, 3.8) is 0 Å². The van der Waals surface area contributed by atoms with E-state index >= 15 is 0 Å². The predicted octanol–water partition coefficient (Wildman–Crippen LogP) is 2.27. The van der Waals surface area contributed by atoms with Gasteiger partial charge in [-0.15, -0.1) is 0 Å². The van der Waals surface area contributed by atoms with Crippen molar-refractivity contribution in [1.29, 1.82) is 0 Å². The number of hydrogen-bond acceptors (Lipinski definition) is 6. The van der Waals surface area contributed by atoms with Gasteiger partial charge < -0.3 is 20.4 Å². The van der Waals surface area contributed by atoms with Crippen LogP contribution in [0.3, 0.4) is 0 Å². The third kappa shape index (κ3) is 3.71. The molecule has 1 aromatic carbocycles. The Morgan fingerprint density at radius 1 is 1.36 bits per heavy atom. The summed E-state index contributed by atoms with van der Waals surface area (Å²) in [6, 6.07) is 7.42. The summed E-state index contributed by atoms with van der Waals surface area (Å²) in [6.45, 7) is 1.11. The minimum absolute atomic E-state index is 0.0171. The average Bonchev–Trinajstić information content (AvgIpc) is 3.10. The lowest BCUT2D eigenvalue weighted by atomic mass is 9.91. The second kappa shape index (κ2) is 7.25. The van der Waals surface area contributed by atoms with E-state index in [1.165, 1.54) is 0 Å². The molecule has 0 unspecified atom stereocenters. The van der Waals surface area contributed by atoms with E-state index < -0.39 is 11.7 Å². The number of anilines is 1. The van der Waals surface area contributed by atoms with Gasteiger partial charge in [0.2, 0.25) is 5.65 Å². The first-order valence-electron chi connectivity index (χ1n) is 8.85. The van der Waals surface area contributed by atoms with Crippen molar-refractivity contribution in [2.45, 2.75) is 18.4 Å². The lowest BCUT2D eigenvalue weighted by molar-refractivity contribution is 0.0172. The van der Waals surface area contributed by atoms with E-state index in [-0.39, 0.29) is 6.54 Å². The van der Waals surface area contributed by atoms with Crippen molar-refractivity contribution >= 4 is 34.7 Å². The van der Waals surface area contributed by atoms with Crippen molar-refractivity contribution in [1.82, 2.24) is 25.5 Å². The third-order valence-electron chi connectivity index (χ3n) is 4.95. The van der Waals surface area contributed by atoms with Crippen LogP contribution in [0, 0.1) is 0 Å². The monoisotopic (exact) mass is 402 g/mol. The van der Waals surface area contributed by atoms with E-state index in [0.717, 1.165) is 11.3 Å². The van der Waals surface area contributed by atoms with Gasteiger partial charge in [-0.3, -0.25) is 5.10 Å². The number of halogens is 1. The van der Waals surface area contributed by atoms with Crippen LogP contribution in [0.15, 0.2) is 30.5 Å². The van der Waals surface area contributed by atoms with Gasteiger partial charge >= 0.3 is 6.09 Å². The first kappa shape index (κ1) is 18.5. The summed E-state index contributed by atoms with van der Waals surface area (Å²) >= 11 is 6.07. The highest BCUT2D eigenvalue weighted by atomic mass is 35.5. The van der Waals surface area contributed by atoms with Gasteiger partial charge in [0, 0.05) is 30.2 Å². The van der Waals surface area contributed by atoms with Gasteiger partial charge in [-0.25, -0.2) is 14.8 Å². The number of benzene rings is 1. The van der Waals surface area contributed by atoms with Gasteiger partial charge in [0.25, 0.3) is 0 Å². The summed E-state index contributed by atoms with van der Waals surface area (Å²) in [4.78, 5) is 21.8. The van der Waals surface area contributed by atoms with E-state index in [2.05, 4.69) is 25.5 Å². The lowest BCUT2D eigenvalue weighted by Gasteiger charge is -2.38. The van der Waals surface area contributed by atoms with E-state index in [1.807, 2.05) is 23.1 Å². The molecule has 0 aliphatic carbocycles. The standard InChI is InChI=1S/C18H19ClN6O3/c19-12-3-1-2-11(8-12)14-15-16(24-23-14)22-13(9-20-15)25-6-4-18(28,5-7-25)10-21-17(26)27/h1-3,8-9,21,28H,4-7,10H2,(H,26,27)(H,22,23,24). The Morgan fingerprint density at radius 3 is 2.86 bits per heavy atom. The van der Waals surface area contributed by atoms with Gasteiger partial charge in [0.05, 0.1) is 17.5 Å². The summed E-state index contributed by atoms with van der Waals surface area (Å²) < 4.78 is 0. The molecule has 0 saturated carbocycles. The number of rotatable bonds is 4. The fourth-order valence-corrected chi connectivity index (χ4v) is 3.54. The fourth-order valence-electron chi connectivity index (χ4n) is 3.35. The largest absolute Gasteiger partial charge is 0.465 e. The van der Waals surface area contributed by atoms with E-state index in [0.29, 0.717) is 47.9 Å². The second-order valence-electron chi connectivity index (χ2n) is 6.88. The van der Waals surface area contributed by atoms with E-state index in [4.69, 9.17) is 16.7 Å². The Labute approximate surface area is 165 Å². The molecule has 10 heteroatoms. The van der Waals surface area contributed by atoms with Crippen molar-refractivity contribution in [2.75, 3.05) is 24.5 Å². The third-order valence-corrected chi connectivity index (χ3v) is 5.19. The Kier molecular flexibility index (Phi) is 4.78. The molecule has 1 fully saturated rings. The summed E-state index contributed by atoms with van der Waals surface area (Å²) in [5, 5.41) is 29.3. The van der Waals surface area contributed by atoms with Crippen LogP contribution >= 0.6 is 11.6 Å².